The quantitative estimate of drug-likeness (QED) is 0.828. The number of fused-ring (bicyclic) bond motifs is 1. The second-order valence-corrected chi connectivity index (χ2v) is 5.47. The molecule has 0 amide bonds. The van der Waals surface area contributed by atoms with E-state index in [0.717, 1.165) is 11.0 Å². The van der Waals surface area contributed by atoms with E-state index in [-0.39, 0.29) is 5.54 Å². The largest absolute Gasteiger partial charge is 0.399 e. The van der Waals surface area contributed by atoms with E-state index in [1.165, 1.54) is 0 Å². The molecule has 0 aliphatic heterocycles. The number of benzene rings is 1. The molecule has 19 heavy (non-hydrogen) atoms. The van der Waals surface area contributed by atoms with Crippen LogP contribution in [0.4, 0.5) is 5.69 Å². The van der Waals surface area contributed by atoms with Gasteiger partial charge < -0.3 is 20.1 Å². The first-order valence-electron chi connectivity index (χ1n) is 6.32. The molecule has 0 fully saturated rings. The first-order chi connectivity index (χ1) is 8.86. The van der Waals surface area contributed by atoms with E-state index in [0.29, 0.717) is 18.1 Å². The molecule has 0 radical (unpaired) electrons. The molecule has 0 aliphatic rings. The third kappa shape index (κ3) is 2.43. The Hall–Kier alpha value is -1.59. The monoisotopic (exact) mass is 263 g/mol. The van der Waals surface area contributed by atoms with E-state index in [4.69, 9.17) is 10.5 Å². The molecule has 2 aromatic rings. The van der Waals surface area contributed by atoms with Crippen LogP contribution < -0.4 is 5.73 Å². The molecule has 0 saturated carbocycles. The molecule has 0 bridgehead atoms. The highest BCUT2D eigenvalue weighted by atomic mass is 16.5. The van der Waals surface area contributed by atoms with Gasteiger partial charge >= 0.3 is 0 Å². The summed E-state index contributed by atoms with van der Waals surface area (Å²) in [4.78, 5) is 4.50. The summed E-state index contributed by atoms with van der Waals surface area (Å²) in [5.74, 6) is 0.627. The van der Waals surface area contributed by atoms with Crippen LogP contribution in [0.25, 0.3) is 11.0 Å². The van der Waals surface area contributed by atoms with Gasteiger partial charge in [0, 0.05) is 12.8 Å². The number of nitrogens with zero attached hydrogens (tertiary/aromatic N) is 2. The molecular formula is C14H21N3O2. The van der Waals surface area contributed by atoms with Crippen molar-refractivity contribution in [3.63, 3.8) is 0 Å². The number of nitrogen functional groups attached to an aromatic ring is 1. The highest BCUT2D eigenvalue weighted by Crippen LogP contribution is 2.29. The maximum Gasteiger partial charge on any atom is 0.139 e. The normalized spacial score (nSPS) is 13.9. The Labute approximate surface area is 113 Å². The number of rotatable bonds is 4. The summed E-state index contributed by atoms with van der Waals surface area (Å²) in [5, 5.41) is 9.95. The first kappa shape index (κ1) is 13.8. The number of hydrogen-bond donors (Lipinski definition) is 2. The molecule has 5 heteroatoms. The lowest BCUT2D eigenvalue weighted by atomic mass is 10.1. The van der Waals surface area contributed by atoms with Gasteiger partial charge in [0.2, 0.25) is 0 Å². The standard InChI is InChI=1S/C14H21N3O2/c1-9(18)13-16-11-7-10(15)5-6-12(11)17(13)14(2,3)8-19-4/h5-7,9,18H,8,15H2,1-4H3. The molecule has 1 unspecified atom stereocenters. The van der Waals surface area contributed by atoms with Crippen LogP contribution in [0.3, 0.4) is 0 Å². The van der Waals surface area contributed by atoms with Crippen molar-refractivity contribution in [1.29, 1.82) is 0 Å². The minimum Gasteiger partial charge on any atom is -0.399 e. The van der Waals surface area contributed by atoms with Crippen LogP contribution in [0.1, 0.15) is 32.7 Å². The number of anilines is 1. The van der Waals surface area contributed by atoms with Gasteiger partial charge in [0.1, 0.15) is 11.9 Å². The summed E-state index contributed by atoms with van der Waals surface area (Å²) in [5.41, 5.74) is 7.90. The topological polar surface area (TPSA) is 73.3 Å². The van der Waals surface area contributed by atoms with Gasteiger partial charge in [0.05, 0.1) is 23.2 Å². The van der Waals surface area contributed by atoms with Crippen LogP contribution >= 0.6 is 0 Å². The first-order valence-corrected chi connectivity index (χ1v) is 6.32. The predicted octanol–water partition coefficient (Wildman–Crippen LogP) is 2.05. The number of ether oxygens (including phenoxy) is 1. The van der Waals surface area contributed by atoms with Gasteiger partial charge in [-0.1, -0.05) is 0 Å². The molecule has 0 aliphatic carbocycles. The van der Waals surface area contributed by atoms with E-state index in [1.807, 2.05) is 22.8 Å². The number of aliphatic hydroxyl groups excluding tert-OH is 1. The fourth-order valence-corrected chi connectivity index (χ4v) is 2.45. The Kier molecular flexibility index (Phi) is 3.52. The number of methoxy groups -OCH3 is 1. The summed E-state index contributed by atoms with van der Waals surface area (Å²) in [6, 6.07) is 5.59. The molecule has 104 valence electrons. The molecule has 3 N–H and O–H groups in total. The zero-order chi connectivity index (χ0) is 14.2. The van der Waals surface area contributed by atoms with Gasteiger partial charge in [-0.25, -0.2) is 4.98 Å². The van der Waals surface area contributed by atoms with Gasteiger partial charge in [0.25, 0.3) is 0 Å². The molecule has 0 saturated heterocycles. The zero-order valence-corrected chi connectivity index (χ0v) is 11.8. The molecular weight excluding hydrogens is 242 g/mol. The van der Waals surface area contributed by atoms with Crippen molar-refractivity contribution in [2.75, 3.05) is 19.5 Å². The molecule has 2 rings (SSSR count). The van der Waals surface area contributed by atoms with E-state index >= 15 is 0 Å². The summed E-state index contributed by atoms with van der Waals surface area (Å²) in [6.45, 7) is 6.35. The molecule has 0 spiro atoms. The lowest BCUT2D eigenvalue weighted by Gasteiger charge is -2.29. The molecule has 5 nitrogen and oxygen atoms in total. The lowest BCUT2D eigenvalue weighted by Crippen LogP contribution is -2.33. The van der Waals surface area contributed by atoms with Crippen LogP contribution in [0.5, 0.6) is 0 Å². The maximum absolute atomic E-state index is 9.95. The van der Waals surface area contributed by atoms with E-state index in [1.54, 1.807) is 14.0 Å². The average Bonchev–Trinajstić information content (AvgIpc) is 2.67. The number of nitrogens with two attached hydrogens (primary N) is 1. The summed E-state index contributed by atoms with van der Waals surface area (Å²) in [6.07, 6.45) is -0.648. The van der Waals surface area contributed by atoms with Crippen molar-refractivity contribution in [1.82, 2.24) is 9.55 Å². The summed E-state index contributed by atoms with van der Waals surface area (Å²) >= 11 is 0. The van der Waals surface area contributed by atoms with Crippen LogP contribution in [0.15, 0.2) is 18.2 Å². The van der Waals surface area contributed by atoms with E-state index in [2.05, 4.69) is 18.8 Å². The predicted molar refractivity (Wildman–Crippen MR) is 76.0 cm³/mol. The van der Waals surface area contributed by atoms with E-state index < -0.39 is 6.10 Å². The van der Waals surface area contributed by atoms with Gasteiger partial charge in [-0.2, -0.15) is 0 Å². The Morgan fingerprint density at radius 2 is 2.16 bits per heavy atom. The Morgan fingerprint density at radius 1 is 1.47 bits per heavy atom. The average molecular weight is 263 g/mol. The number of hydrogen-bond acceptors (Lipinski definition) is 4. The highest BCUT2D eigenvalue weighted by Gasteiger charge is 2.27. The van der Waals surface area contributed by atoms with Crippen molar-refractivity contribution in [2.24, 2.45) is 0 Å². The van der Waals surface area contributed by atoms with Crippen LogP contribution in [-0.2, 0) is 10.3 Å². The second kappa shape index (κ2) is 4.83. The van der Waals surface area contributed by atoms with Gasteiger partial charge in [-0.05, 0) is 39.0 Å². The van der Waals surface area contributed by atoms with Crippen LogP contribution in [0.2, 0.25) is 0 Å². The van der Waals surface area contributed by atoms with E-state index in [9.17, 15) is 5.11 Å². The minimum absolute atomic E-state index is 0.300. The minimum atomic E-state index is -0.648. The fraction of sp³-hybridized carbons (Fsp3) is 0.500. The van der Waals surface area contributed by atoms with Crippen LogP contribution in [0, 0.1) is 0 Å². The lowest BCUT2D eigenvalue weighted by molar-refractivity contribution is 0.100. The van der Waals surface area contributed by atoms with Crippen molar-refractivity contribution in [2.45, 2.75) is 32.4 Å². The Balaban J connectivity index is 2.72. The smallest absolute Gasteiger partial charge is 0.139 e. The summed E-state index contributed by atoms with van der Waals surface area (Å²) in [7, 11) is 1.67. The SMILES string of the molecule is COCC(C)(C)n1c(C(C)O)nc2cc(N)ccc21. The van der Waals surface area contributed by atoms with Crippen molar-refractivity contribution in [3.05, 3.63) is 24.0 Å². The van der Waals surface area contributed by atoms with Crippen molar-refractivity contribution in [3.8, 4) is 0 Å². The number of imidazole rings is 1. The van der Waals surface area contributed by atoms with Crippen molar-refractivity contribution >= 4 is 16.7 Å². The third-order valence-electron chi connectivity index (χ3n) is 3.18. The zero-order valence-electron chi connectivity index (χ0n) is 11.8. The molecule has 1 heterocycles. The number of aliphatic hydroxyl groups is 1. The third-order valence-corrected chi connectivity index (χ3v) is 3.18. The molecule has 1 atom stereocenters. The summed E-state index contributed by atoms with van der Waals surface area (Å²) < 4.78 is 7.31. The highest BCUT2D eigenvalue weighted by molar-refractivity contribution is 5.80. The Bertz CT molecular complexity index is 588. The maximum atomic E-state index is 9.95. The number of aromatic nitrogens is 2. The Morgan fingerprint density at radius 3 is 2.74 bits per heavy atom. The van der Waals surface area contributed by atoms with Crippen LogP contribution in [-0.4, -0.2) is 28.4 Å². The second-order valence-electron chi connectivity index (χ2n) is 5.47. The molecule has 1 aromatic heterocycles. The van der Waals surface area contributed by atoms with Gasteiger partial charge in [-0.15, -0.1) is 0 Å². The fourth-order valence-electron chi connectivity index (χ4n) is 2.45. The van der Waals surface area contributed by atoms with Gasteiger partial charge in [-0.3, -0.25) is 0 Å². The van der Waals surface area contributed by atoms with Gasteiger partial charge in [0.15, 0.2) is 0 Å². The van der Waals surface area contributed by atoms with Crippen molar-refractivity contribution < 1.29 is 9.84 Å². The molecule has 1 aromatic carbocycles.